The van der Waals surface area contributed by atoms with Gasteiger partial charge in [-0.1, -0.05) is 48.0 Å². The van der Waals surface area contributed by atoms with E-state index in [0.717, 1.165) is 17.5 Å². The molecule has 21 heavy (non-hydrogen) atoms. The predicted octanol–water partition coefficient (Wildman–Crippen LogP) is 3.73. The van der Waals surface area contributed by atoms with Crippen LogP contribution in [0.3, 0.4) is 0 Å². The summed E-state index contributed by atoms with van der Waals surface area (Å²) in [5.41, 5.74) is 1.96. The number of rotatable bonds is 6. The first-order chi connectivity index (χ1) is 10.1. The highest BCUT2D eigenvalue weighted by Crippen LogP contribution is 2.20. The Balaban J connectivity index is 2.02. The van der Waals surface area contributed by atoms with Crippen LogP contribution in [0.1, 0.15) is 24.1 Å². The molecule has 0 aliphatic heterocycles. The molecule has 2 aromatic carbocycles. The first kappa shape index (κ1) is 16.0. The summed E-state index contributed by atoms with van der Waals surface area (Å²) >= 11 is 5.69. The van der Waals surface area contributed by atoms with Crippen molar-refractivity contribution in [2.75, 3.05) is 6.61 Å². The summed E-state index contributed by atoms with van der Waals surface area (Å²) in [6.07, 6.45) is 0.720. The molecule has 0 saturated carbocycles. The van der Waals surface area contributed by atoms with Gasteiger partial charge in [0, 0.05) is 12.1 Å². The van der Waals surface area contributed by atoms with Gasteiger partial charge >= 0.3 is 0 Å². The Bertz CT molecular complexity index is 576. The van der Waals surface area contributed by atoms with Crippen molar-refractivity contribution in [1.82, 2.24) is 5.32 Å². The van der Waals surface area contributed by atoms with Crippen molar-refractivity contribution in [3.05, 3.63) is 70.5 Å². The second-order valence-electron chi connectivity index (χ2n) is 5.13. The van der Waals surface area contributed by atoms with E-state index >= 15 is 0 Å². The van der Waals surface area contributed by atoms with E-state index in [1.807, 2.05) is 37.3 Å². The van der Waals surface area contributed by atoms with Crippen LogP contribution in [0, 0.1) is 5.82 Å². The molecular weight excluding hydrogens is 289 g/mol. The molecule has 0 spiro atoms. The zero-order valence-electron chi connectivity index (χ0n) is 11.9. The third kappa shape index (κ3) is 4.53. The zero-order chi connectivity index (χ0) is 15.2. The molecule has 112 valence electrons. The molecule has 0 amide bonds. The summed E-state index contributed by atoms with van der Waals surface area (Å²) in [4.78, 5) is 0. The molecule has 2 rings (SSSR count). The summed E-state index contributed by atoms with van der Waals surface area (Å²) in [5.74, 6) is -0.425. The van der Waals surface area contributed by atoms with Crippen molar-refractivity contribution in [3.63, 3.8) is 0 Å². The second kappa shape index (κ2) is 7.55. The topological polar surface area (TPSA) is 32.3 Å². The Kier molecular flexibility index (Phi) is 5.74. The van der Waals surface area contributed by atoms with Crippen molar-refractivity contribution in [2.24, 2.45) is 0 Å². The lowest BCUT2D eigenvalue weighted by atomic mass is 10.0. The summed E-state index contributed by atoms with van der Waals surface area (Å²) in [5, 5.41) is 13.0. The maximum absolute atomic E-state index is 13.5. The molecule has 0 heterocycles. The summed E-state index contributed by atoms with van der Waals surface area (Å²) in [6, 6.07) is 14.6. The standard InChI is InChI=1S/C17H19ClFNO/c1-12(14-7-8-16(18)17(19)10-14)20-15(11-21)9-13-5-3-2-4-6-13/h2-8,10,12,15,20-21H,9,11H2,1H3. The minimum Gasteiger partial charge on any atom is -0.395 e. The molecule has 2 N–H and O–H groups in total. The van der Waals surface area contributed by atoms with Crippen molar-refractivity contribution >= 4 is 11.6 Å². The quantitative estimate of drug-likeness (QED) is 0.852. The van der Waals surface area contributed by atoms with Gasteiger partial charge in [0.1, 0.15) is 5.82 Å². The number of halogens is 2. The third-order valence-electron chi connectivity index (χ3n) is 3.47. The molecule has 0 aliphatic carbocycles. The van der Waals surface area contributed by atoms with Crippen molar-refractivity contribution in [1.29, 1.82) is 0 Å². The fourth-order valence-corrected chi connectivity index (χ4v) is 2.42. The lowest BCUT2D eigenvalue weighted by Crippen LogP contribution is -2.36. The van der Waals surface area contributed by atoms with Gasteiger partial charge in [-0.2, -0.15) is 0 Å². The average Bonchev–Trinajstić information content (AvgIpc) is 2.50. The van der Waals surface area contributed by atoms with Crippen LogP contribution in [0.4, 0.5) is 4.39 Å². The highest BCUT2D eigenvalue weighted by atomic mass is 35.5. The third-order valence-corrected chi connectivity index (χ3v) is 3.78. The van der Waals surface area contributed by atoms with E-state index in [-0.39, 0.29) is 23.7 Å². The van der Waals surface area contributed by atoms with Crippen LogP contribution in [-0.2, 0) is 6.42 Å². The highest BCUT2D eigenvalue weighted by molar-refractivity contribution is 6.30. The maximum atomic E-state index is 13.5. The number of benzene rings is 2. The normalized spacial score (nSPS) is 13.9. The molecule has 0 aromatic heterocycles. The van der Waals surface area contributed by atoms with Gasteiger partial charge in [0.25, 0.3) is 0 Å². The highest BCUT2D eigenvalue weighted by Gasteiger charge is 2.14. The molecule has 4 heteroatoms. The van der Waals surface area contributed by atoms with E-state index in [4.69, 9.17) is 11.6 Å². The smallest absolute Gasteiger partial charge is 0.142 e. The first-order valence-corrected chi connectivity index (χ1v) is 7.33. The minimum atomic E-state index is -0.425. The van der Waals surface area contributed by atoms with Crippen molar-refractivity contribution in [3.8, 4) is 0 Å². The molecule has 2 atom stereocenters. The Morgan fingerprint density at radius 1 is 1.19 bits per heavy atom. The zero-order valence-corrected chi connectivity index (χ0v) is 12.6. The lowest BCUT2D eigenvalue weighted by Gasteiger charge is -2.22. The first-order valence-electron chi connectivity index (χ1n) is 6.96. The van der Waals surface area contributed by atoms with Gasteiger partial charge in [-0.15, -0.1) is 0 Å². The van der Waals surface area contributed by atoms with E-state index in [2.05, 4.69) is 5.32 Å². The number of hydrogen-bond acceptors (Lipinski definition) is 2. The average molecular weight is 308 g/mol. The second-order valence-corrected chi connectivity index (χ2v) is 5.54. The van der Waals surface area contributed by atoms with Gasteiger partial charge in [-0.25, -0.2) is 4.39 Å². The number of hydrogen-bond donors (Lipinski definition) is 2. The SMILES string of the molecule is CC(NC(CO)Cc1ccccc1)c1ccc(Cl)c(F)c1. The van der Waals surface area contributed by atoms with E-state index in [1.165, 1.54) is 6.07 Å². The van der Waals surface area contributed by atoms with E-state index < -0.39 is 5.82 Å². The fraction of sp³-hybridized carbons (Fsp3) is 0.294. The van der Waals surface area contributed by atoms with Crippen LogP contribution in [0.25, 0.3) is 0 Å². The van der Waals surface area contributed by atoms with Crippen LogP contribution >= 0.6 is 11.6 Å². The molecule has 2 nitrogen and oxygen atoms in total. The molecular formula is C17H19ClFNO. The molecule has 0 bridgehead atoms. The number of aliphatic hydroxyl groups is 1. The Labute approximate surface area is 129 Å². The van der Waals surface area contributed by atoms with Crippen molar-refractivity contribution < 1.29 is 9.50 Å². The number of nitrogens with one attached hydrogen (secondary N) is 1. The van der Waals surface area contributed by atoms with Crippen LogP contribution < -0.4 is 5.32 Å². The fourth-order valence-electron chi connectivity index (χ4n) is 2.31. The van der Waals surface area contributed by atoms with Gasteiger partial charge in [-0.05, 0) is 36.6 Å². The molecule has 0 saturated heterocycles. The van der Waals surface area contributed by atoms with Crippen LogP contribution in [-0.4, -0.2) is 17.8 Å². The molecule has 2 aromatic rings. The van der Waals surface area contributed by atoms with Gasteiger partial charge in [-0.3, -0.25) is 0 Å². The molecule has 0 radical (unpaired) electrons. The monoisotopic (exact) mass is 307 g/mol. The lowest BCUT2D eigenvalue weighted by molar-refractivity contribution is 0.232. The Morgan fingerprint density at radius 3 is 2.52 bits per heavy atom. The van der Waals surface area contributed by atoms with Gasteiger partial charge < -0.3 is 10.4 Å². The van der Waals surface area contributed by atoms with Gasteiger partial charge in [0.2, 0.25) is 0 Å². The van der Waals surface area contributed by atoms with E-state index in [0.29, 0.717) is 0 Å². The van der Waals surface area contributed by atoms with Crippen LogP contribution in [0.15, 0.2) is 48.5 Å². The van der Waals surface area contributed by atoms with E-state index in [9.17, 15) is 9.50 Å². The van der Waals surface area contributed by atoms with Crippen molar-refractivity contribution in [2.45, 2.75) is 25.4 Å². The Morgan fingerprint density at radius 2 is 1.90 bits per heavy atom. The summed E-state index contributed by atoms with van der Waals surface area (Å²) < 4.78 is 13.5. The summed E-state index contributed by atoms with van der Waals surface area (Å²) in [6.45, 7) is 1.96. The Hall–Kier alpha value is -1.42. The largest absolute Gasteiger partial charge is 0.395 e. The van der Waals surface area contributed by atoms with E-state index in [1.54, 1.807) is 12.1 Å². The molecule has 2 unspecified atom stereocenters. The van der Waals surface area contributed by atoms with Gasteiger partial charge in [0.15, 0.2) is 0 Å². The number of aliphatic hydroxyl groups excluding tert-OH is 1. The maximum Gasteiger partial charge on any atom is 0.142 e. The van der Waals surface area contributed by atoms with Crippen LogP contribution in [0.2, 0.25) is 5.02 Å². The summed E-state index contributed by atoms with van der Waals surface area (Å²) in [7, 11) is 0. The minimum absolute atomic E-state index is 0.0231. The molecule has 0 fully saturated rings. The van der Waals surface area contributed by atoms with Gasteiger partial charge in [0.05, 0.1) is 11.6 Å². The predicted molar refractivity (Wildman–Crippen MR) is 84.0 cm³/mol. The molecule has 0 aliphatic rings. The van der Waals surface area contributed by atoms with Crippen LogP contribution in [0.5, 0.6) is 0 Å².